The van der Waals surface area contributed by atoms with Crippen LogP contribution in [0.3, 0.4) is 0 Å². The summed E-state index contributed by atoms with van der Waals surface area (Å²) >= 11 is 3.13. The summed E-state index contributed by atoms with van der Waals surface area (Å²) < 4.78 is 19.3. The van der Waals surface area contributed by atoms with Gasteiger partial charge in [-0.3, -0.25) is 0 Å². The molecule has 6 heteroatoms. The first kappa shape index (κ1) is 12.7. The Morgan fingerprint density at radius 2 is 2.12 bits per heavy atom. The number of benzene rings is 1. The summed E-state index contributed by atoms with van der Waals surface area (Å²) in [7, 11) is 0. The zero-order valence-corrected chi connectivity index (χ0v) is 12.2. The number of rotatable bonds is 2. The Morgan fingerprint density at radius 1 is 1.41 bits per heavy atom. The zero-order chi connectivity index (χ0) is 12.6. The number of nitrogens with two attached hydrogens (primary N) is 1. The van der Waals surface area contributed by atoms with Crippen molar-refractivity contribution in [1.29, 1.82) is 0 Å². The summed E-state index contributed by atoms with van der Waals surface area (Å²) in [6.07, 6.45) is 0. The van der Waals surface area contributed by atoms with Crippen LogP contribution in [-0.4, -0.2) is 4.98 Å². The van der Waals surface area contributed by atoms with Crippen molar-refractivity contribution in [2.75, 3.05) is 5.73 Å². The van der Waals surface area contributed by atoms with E-state index in [1.165, 1.54) is 17.8 Å². The third-order valence-electron chi connectivity index (χ3n) is 2.26. The van der Waals surface area contributed by atoms with Crippen molar-refractivity contribution in [2.24, 2.45) is 0 Å². The van der Waals surface area contributed by atoms with E-state index in [2.05, 4.69) is 4.98 Å². The van der Waals surface area contributed by atoms with Crippen molar-refractivity contribution in [3.63, 3.8) is 0 Å². The van der Waals surface area contributed by atoms with Gasteiger partial charge < -0.3 is 10.2 Å². The average Bonchev–Trinajstić information content (AvgIpc) is 2.55. The zero-order valence-electron chi connectivity index (χ0n) is 9.25. The number of hydrogen-bond donors (Lipinski definition) is 1. The highest BCUT2D eigenvalue weighted by Crippen LogP contribution is 2.34. The van der Waals surface area contributed by atoms with Crippen molar-refractivity contribution in [3.05, 3.63) is 33.0 Å². The molecule has 0 saturated carbocycles. The Morgan fingerprint density at radius 3 is 2.71 bits per heavy atom. The van der Waals surface area contributed by atoms with Gasteiger partial charge in [0.25, 0.3) is 5.22 Å². The van der Waals surface area contributed by atoms with Gasteiger partial charge in [0.1, 0.15) is 11.6 Å². The van der Waals surface area contributed by atoms with Crippen molar-refractivity contribution in [1.82, 2.24) is 4.98 Å². The van der Waals surface area contributed by atoms with Gasteiger partial charge in [-0.15, -0.1) is 0 Å². The number of oxazole rings is 1. The number of nitrogen functional groups attached to an aromatic ring is 1. The number of anilines is 1. The molecule has 0 saturated heterocycles. The van der Waals surface area contributed by atoms with Crippen LogP contribution in [0.4, 0.5) is 10.1 Å². The number of nitrogens with zero attached hydrogens (tertiary/aromatic N) is 1. The van der Waals surface area contributed by atoms with Crippen LogP contribution in [0.1, 0.15) is 11.5 Å². The molecule has 0 atom stereocenters. The van der Waals surface area contributed by atoms with E-state index in [-0.39, 0.29) is 5.82 Å². The molecule has 0 aliphatic carbocycles. The monoisotopic (exact) mass is 364 g/mol. The predicted molar refractivity (Wildman–Crippen MR) is 73.6 cm³/mol. The van der Waals surface area contributed by atoms with E-state index in [4.69, 9.17) is 10.2 Å². The second kappa shape index (κ2) is 4.85. The molecule has 0 aliphatic rings. The number of aryl methyl sites for hydroxylation is 2. The van der Waals surface area contributed by atoms with Gasteiger partial charge in [-0.2, -0.15) is 0 Å². The first-order chi connectivity index (χ1) is 7.97. The molecule has 90 valence electrons. The smallest absolute Gasteiger partial charge is 0.261 e. The predicted octanol–water partition coefficient (Wildman–Crippen LogP) is 3.77. The average molecular weight is 364 g/mol. The summed E-state index contributed by atoms with van der Waals surface area (Å²) in [5, 5.41) is 0.479. The number of halogens is 2. The van der Waals surface area contributed by atoms with Gasteiger partial charge in [0.2, 0.25) is 0 Å². The molecule has 0 fully saturated rings. The molecule has 1 heterocycles. The first-order valence-electron chi connectivity index (χ1n) is 4.84. The lowest BCUT2D eigenvalue weighted by molar-refractivity contribution is 0.431. The lowest BCUT2D eigenvalue weighted by atomic mass is 10.3. The van der Waals surface area contributed by atoms with Gasteiger partial charge in [-0.25, -0.2) is 9.37 Å². The van der Waals surface area contributed by atoms with Crippen LogP contribution in [0.25, 0.3) is 0 Å². The van der Waals surface area contributed by atoms with Gasteiger partial charge in [-0.1, -0.05) is 0 Å². The van der Waals surface area contributed by atoms with E-state index in [0.29, 0.717) is 19.4 Å². The Hall–Kier alpha value is -0.760. The summed E-state index contributed by atoms with van der Waals surface area (Å²) in [5.41, 5.74) is 7.17. The van der Waals surface area contributed by atoms with Crippen LogP contribution in [0.2, 0.25) is 0 Å². The molecule has 2 aromatic rings. The fourth-order valence-corrected chi connectivity index (χ4v) is 2.58. The fraction of sp³-hybridized carbons (Fsp3) is 0.182. The Labute approximate surface area is 116 Å². The maximum atomic E-state index is 13.4. The van der Waals surface area contributed by atoms with Gasteiger partial charge in [0.15, 0.2) is 0 Å². The van der Waals surface area contributed by atoms with Gasteiger partial charge in [0, 0.05) is 10.6 Å². The van der Waals surface area contributed by atoms with E-state index in [1.54, 1.807) is 6.07 Å². The van der Waals surface area contributed by atoms with E-state index >= 15 is 0 Å². The van der Waals surface area contributed by atoms with Crippen LogP contribution in [0.5, 0.6) is 0 Å². The van der Waals surface area contributed by atoms with Crippen molar-refractivity contribution < 1.29 is 8.81 Å². The third-order valence-corrected chi connectivity index (χ3v) is 4.01. The quantitative estimate of drug-likeness (QED) is 0.651. The van der Waals surface area contributed by atoms with Crippen molar-refractivity contribution in [2.45, 2.75) is 24.0 Å². The van der Waals surface area contributed by atoms with E-state index in [0.717, 1.165) is 11.5 Å². The van der Waals surface area contributed by atoms with E-state index in [9.17, 15) is 4.39 Å². The highest BCUT2D eigenvalue weighted by atomic mass is 127. The maximum absolute atomic E-state index is 13.4. The molecule has 1 aromatic heterocycles. The Balaban J connectivity index is 2.33. The minimum atomic E-state index is -0.290. The molecule has 0 amide bonds. The van der Waals surface area contributed by atoms with Crippen LogP contribution in [-0.2, 0) is 0 Å². The highest BCUT2D eigenvalue weighted by Gasteiger charge is 2.12. The van der Waals surface area contributed by atoms with E-state index < -0.39 is 0 Å². The van der Waals surface area contributed by atoms with Gasteiger partial charge in [0.05, 0.1) is 9.26 Å². The largest absolute Gasteiger partial charge is 0.436 e. The molecule has 2 rings (SSSR count). The second-order valence-corrected chi connectivity index (χ2v) is 5.68. The number of hydrogen-bond acceptors (Lipinski definition) is 4. The van der Waals surface area contributed by atoms with Crippen molar-refractivity contribution >= 4 is 40.0 Å². The second-order valence-electron chi connectivity index (χ2n) is 3.53. The first-order valence-corrected chi connectivity index (χ1v) is 6.73. The molecular weight excluding hydrogens is 354 g/mol. The molecule has 0 spiro atoms. The SMILES string of the molecule is Cc1nc(Sc2cc(F)c(I)cc2N)oc1C. The van der Waals surface area contributed by atoms with E-state index in [1.807, 2.05) is 36.4 Å². The van der Waals surface area contributed by atoms with Gasteiger partial charge >= 0.3 is 0 Å². The summed E-state index contributed by atoms with van der Waals surface area (Å²) in [6.45, 7) is 3.70. The molecule has 0 bridgehead atoms. The molecule has 2 N–H and O–H groups in total. The fourth-order valence-electron chi connectivity index (χ4n) is 1.21. The van der Waals surface area contributed by atoms with Crippen LogP contribution < -0.4 is 5.73 Å². The lowest BCUT2D eigenvalue weighted by Gasteiger charge is -2.04. The standard InChI is InChI=1S/C11H10FIN2OS/c1-5-6(2)16-11(15-5)17-10-3-7(12)8(13)4-9(10)14/h3-4H,14H2,1-2H3. The molecule has 3 nitrogen and oxygen atoms in total. The van der Waals surface area contributed by atoms with Crippen LogP contribution in [0.15, 0.2) is 26.7 Å². The summed E-state index contributed by atoms with van der Waals surface area (Å²) in [4.78, 5) is 4.83. The molecule has 0 aliphatic heterocycles. The summed E-state index contributed by atoms with van der Waals surface area (Å²) in [6, 6.07) is 3.00. The topological polar surface area (TPSA) is 52.0 Å². The molecule has 1 aromatic carbocycles. The normalized spacial score (nSPS) is 10.8. The maximum Gasteiger partial charge on any atom is 0.261 e. The molecular formula is C11H10FIN2OS. The van der Waals surface area contributed by atoms with Gasteiger partial charge in [-0.05, 0) is 60.3 Å². The summed E-state index contributed by atoms with van der Waals surface area (Å²) in [5.74, 6) is 0.472. The molecule has 0 unspecified atom stereocenters. The Bertz CT molecular complexity index is 551. The highest BCUT2D eigenvalue weighted by molar-refractivity contribution is 14.1. The third kappa shape index (κ3) is 2.74. The molecule has 0 radical (unpaired) electrons. The Kier molecular flexibility index (Phi) is 3.62. The van der Waals surface area contributed by atoms with Crippen LogP contribution >= 0.6 is 34.4 Å². The minimum absolute atomic E-state index is 0.290. The minimum Gasteiger partial charge on any atom is -0.436 e. The lowest BCUT2D eigenvalue weighted by Crippen LogP contribution is -1.92. The number of aromatic nitrogens is 1. The van der Waals surface area contributed by atoms with Crippen LogP contribution in [0, 0.1) is 23.2 Å². The van der Waals surface area contributed by atoms with Crippen molar-refractivity contribution in [3.8, 4) is 0 Å². The molecule has 17 heavy (non-hydrogen) atoms.